The first-order valence-corrected chi connectivity index (χ1v) is 3.11. The van der Waals surface area contributed by atoms with Crippen molar-refractivity contribution >= 4 is 16.6 Å². The highest BCUT2D eigenvalue weighted by Crippen LogP contribution is 2.04. The molecule has 0 aliphatic rings. The topological polar surface area (TPSA) is 60.4 Å². The second-order valence-corrected chi connectivity index (χ2v) is 2.48. The lowest BCUT2D eigenvalue weighted by molar-refractivity contribution is -0.120. The number of alkyl halides is 2. The second kappa shape index (κ2) is 4.09. The lowest BCUT2D eigenvalue weighted by Crippen LogP contribution is -2.13. The van der Waals surface area contributed by atoms with Crippen molar-refractivity contribution in [2.75, 3.05) is 0 Å². The Hall–Kier alpha value is -0.790. The SMILES string of the molecule is F.O=COS(=O)(=O)C(F)F. The first kappa shape index (κ1) is 11.9. The van der Waals surface area contributed by atoms with E-state index in [0.29, 0.717) is 0 Å². The zero-order chi connectivity index (χ0) is 7.49. The molecule has 0 atom stereocenters. The third kappa shape index (κ3) is 3.28. The van der Waals surface area contributed by atoms with E-state index in [9.17, 15) is 22.0 Å². The average molecular weight is 180 g/mol. The van der Waals surface area contributed by atoms with Crippen molar-refractivity contribution in [2.45, 2.75) is 5.76 Å². The zero-order valence-corrected chi connectivity index (χ0v) is 5.18. The van der Waals surface area contributed by atoms with Gasteiger partial charge in [0.1, 0.15) is 0 Å². The minimum Gasteiger partial charge on any atom is -0.345 e. The largest absolute Gasteiger partial charge is 0.375 e. The summed E-state index contributed by atoms with van der Waals surface area (Å²) in [7, 11) is -4.95. The van der Waals surface area contributed by atoms with Gasteiger partial charge in [-0.1, -0.05) is 0 Å². The van der Waals surface area contributed by atoms with E-state index in [0.717, 1.165) is 0 Å². The minimum absolute atomic E-state index is 0. The molecule has 10 heavy (non-hydrogen) atoms. The van der Waals surface area contributed by atoms with Gasteiger partial charge in [0.25, 0.3) is 0 Å². The van der Waals surface area contributed by atoms with Crippen molar-refractivity contribution < 1.29 is 30.9 Å². The molecule has 0 saturated heterocycles. The molecule has 0 saturated carbocycles. The number of halogens is 3. The fourth-order valence-corrected chi connectivity index (χ4v) is 0.290. The van der Waals surface area contributed by atoms with Crippen LogP contribution >= 0.6 is 0 Å². The van der Waals surface area contributed by atoms with Crippen molar-refractivity contribution in [3.63, 3.8) is 0 Å². The quantitative estimate of drug-likeness (QED) is 0.448. The Labute approximate surface area is 54.3 Å². The normalized spacial score (nSPS) is 10.3. The maximum absolute atomic E-state index is 11.1. The summed E-state index contributed by atoms with van der Waals surface area (Å²) in [6, 6.07) is 0. The van der Waals surface area contributed by atoms with Crippen LogP contribution in [0.1, 0.15) is 0 Å². The van der Waals surface area contributed by atoms with E-state index in [1.54, 1.807) is 0 Å². The van der Waals surface area contributed by atoms with Crippen LogP contribution in [0.4, 0.5) is 13.5 Å². The molecule has 0 aliphatic heterocycles. The Morgan fingerprint density at radius 1 is 1.40 bits per heavy atom. The van der Waals surface area contributed by atoms with E-state index in [2.05, 4.69) is 4.18 Å². The maximum atomic E-state index is 11.1. The lowest BCUT2D eigenvalue weighted by atomic mass is 11.7. The molecular weight excluding hydrogens is 177 g/mol. The molecule has 0 heterocycles. The Bertz CT molecular complexity index is 185. The van der Waals surface area contributed by atoms with Crippen LogP contribution in [-0.2, 0) is 19.1 Å². The summed E-state index contributed by atoms with van der Waals surface area (Å²) >= 11 is 0. The maximum Gasteiger partial charge on any atom is 0.375 e. The van der Waals surface area contributed by atoms with Gasteiger partial charge in [-0.15, -0.1) is 0 Å². The summed E-state index contributed by atoms with van der Waals surface area (Å²) in [6.07, 6.45) is 0. The lowest BCUT2D eigenvalue weighted by Gasteiger charge is -1.95. The highest BCUT2D eigenvalue weighted by Gasteiger charge is 2.24. The van der Waals surface area contributed by atoms with E-state index in [-0.39, 0.29) is 4.70 Å². The summed E-state index contributed by atoms with van der Waals surface area (Å²) in [5.41, 5.74) is 0. The Balaban J connectivity index is 0. The molecule has 0 aromatic carbocycles. The van der Waals surface area contributed by atoms with E-state index in [4.69, 9.17) is 0 Å². The van der Waals surface area contributed by atoms with Gasteiger partial charge in [0.2, 0.25) is 0 Å². The Morgan fingerprint density at radius 3 is 1.90 bits per heavy atom. The molecule has 0 aromatic heterocycles. The number of hydrogen-bond donors (Lipinski definition) is 0. The van der Waals surface area contributed by atoms with Crippen molar-refractivity contribution in [1.29, 1.82) is 0 Å². The van der Waals surface area contributed by atoms with Crippen molar-refractivity contribution in [2.24, 2.45) is 0 Å². The van der Waals surface area contributed by atoms with Crippen molar-refractivity contribution in [1.82, 2.24) is 0 Å². The molecule has 0 N–H and O–H groups in total. The molecule has 0 spiro atoms. The molecule has 0 amide bonds. The molecule has 4 nitrogen and oxygen atoms in total. The van der Waals surface area contributed by atoms with Crippen LogP contribution in [0.5, 0.6) is 0 Å². The molecule has 62 valence electrons. The summed E-state index contributed by atoms with van der Waals surface area (Å²) < 4.78 is 44.7. The molecular formula is C2H3F3O4S. The smallest absolute Gasteiger partial charge is 0.345 e. The number of carbonyl (C=O) groups is 1. The third-order valence-corrected chi connectivity index (χ3v) is 1.17. The van der Waals surface area contributed by atoms with Crippen molar-refractivity contribution in [3.05, 3.63) is 0 Å². The molecule has 0 rings (SSSR count). The van der Waals surface area contributed by atoms with Gasteiger partial charge in [0.15, 0.2) is 0 Å². The van der Waals surface area contributed by atoms with Crippen LogP contribution in [-0.4, -0.2) is 20.6 Å². The van der Waals surface area contributed by atoms with Gasteiger partial charge in [-0.2, -0.15) is 17.2 Å². The highest BCUT2D eigenvalue weighted by atomic mass is 32.2. The van der Waals surface area contributed by atoms with Gasteiger partial charge in [-0.3, -0.25) is 9.50 Å². The highest BCUT2D eigenvalue weighted by molar-refractivity contribution is 7.87. The monoisotopic (exact) mass is 180 g/mol. The van der Waals surface area contributed by atoms with Gasteiger partial charge < -0.3 is 4.18 Å². The van der Waals surface area contributed by atoms with Gasteiger partial charge in [0, 0.05) is 0 Å². The second-order valence-electron chi connectivity index (χ2n) is 0.946. The third-order valence-electron chi connectivity index (χ3n) is 0.392. The van der Waals surface area contributed by atoms with Crippen LogP contribution < -0.4 is 0 Å². The molecule has 0 aromatic rings. The van der Waals surface area contributed by atoms with Gasteiger partial charge in [-0.05, 0) is 0 Å². The standard InChI is InChI=1S/C2H2F2O4S.FH/c3-2(4)9(6,7)8-1-5;/h1-2H;1H. The fraction of sp³-hybridized carbons (Fsp3) is 0.500. The number of carbonyl (C=O) groups excluding carboxylic acids is 1. The van der Waals surface area contributed by atoms with E-state index in [1.807, 2.05) is 0 Å². The molecule has 8 heteroatoms. The molecule has 0 unspecified atom stereocenters. The predicted molar refractivity (Wildman–Crippen MR) is 24.6 cm³/mol. The molecule has 0 bridgehead atoms. The summed E-state index contributed by atoms with van der Waals surface area (Å²) in [4.78, 5) is 9.19. The number of rotatable bonds is 3. The minimum atomic E-state index is -4.95. The van der Waals surface area contributed by atoms with Crippen LogP contribution in [0.15, 0.2) is 0 Å². The Kier molecular flexibility index (Phi) is 4.89. The fourth-order valence-electron chi connectivity index (χ4n) is 0.0968. The number of hydrogen-bond acceptors (Lipinski definition) is 4. The summed E-state index contributed by atoms with van der Waals surface area (Å²) in [5, 5.41) is 0. The molecule has 0 radical (unpaired) electrons. The average Bonchev–Trinajstić information content (AvgIpc) is 1.65. The van der Waals surface area contributed by atoms with E-state index >= 15 is 0 Å². The van der Waals surface area contributed by atoms with Gasteiger partial charge in [-0.25, -0.2) is 0 Å². The van der Waals surface area contributed by atoms with E-state index in [1.165, 1.54) is 0 Å². The Morgan fingerprint density at radius 2 is 1.80 bits per heavy atom. The zero-order valence-electron chi connectivity index (χ0n) is 4.36. The predicted octanol–water partition coefficient (Wildman–Crippen LogP) is -0.136. The van der Waals surface area contributed by atoms with Gasteiger partial charge >= 0.3 is 22.3 Å². The van der Waals surface area contributed by atoms with E-state index < -0.39 is 22.3 Å². The van der Waals surface area contributed by atoms with Crippen molar-refractivity contribution in [3.8, 4) is 0 Å². The van der Waals surface area contributed by atoms with Crippen LogP contribution in [0.3, 0.4) is 0 Å². The molecule has 0 aliphatic carbocycles. The van der Waals surface area contributed by atoms with Crippen LogP contribution in [0.2, 0.25) is 0 Å². The first-order chi connectivity index (χ1) is 4.00. The van der Waals surface area contributed by atoms with Crippen LogP contribution in [0, 0.1) is 0 Å². The van der Waals surface area contributed by atoms with Crippen LogP contribution in [0.25, 0.3) is 0 Å². The summed E-state index contributed by atoms with van der Waals surface area (Å²) in [5.74, 6) is -3.66. The van der Waals surface area contributed by atoms with Gasteiger partial charge in [0.05, 0.1) is 0 Å². The molecule has 0 fully saturated rings. The summed E-state index contributed by atoms with van der Waals surface area (Å²) in [6.45, 7) is -0.568. The first-order valence-electron chi connectivity index (χ1n) is 1.64.